The predicted molar refractivity (Wildman–Crippen MR) is 67.4 cm³/mol. The summed E-state index contributed by atoms with van der Waals surface area (Å²) < 4.78 is 13.7. The summed E-state index contributed by atoms with van der Waals surface area (Å²) in [7, 11) is 2.00. The first-order valence-electron chi connectivity index (χ1n) is 6.71. The van der Waals surface area contributed by atoms with E-state index in [1.165, 1.54) is 31.2 Å². The summed E-state index contributed by atoms with van der Waals surface area (Å²) in [6.45, 7) is 0. The van der Waals surface area contributed by atoms with Crippen molar-refractivity contribution in [2.75, 3.05) is 7.05 Å². The molecule has 0 aliphatic heterocycles. The Hall–Kier alpha value is -0.890. The first kappa shape index (κ1) is 11.2. The number of halogens is 1. The van der Waals surface area contributed by atoms with Crippen LogP contribution in [0.5, 0.6) is 0 Å². The molecule has 0 spiro atoms. The zero-order valence-electron chi connectivity index (χ0n) is 10.4. The molecule has 1 aromatic carbocycles. The highest BCUT2D eigenvalue weighted by atomic mass is 19.1. The second-order valence-electron chi connectivity index (χ2n) is 5.62. The van der Waals surface area contributed by atoms with Crippen molar-refractivity contribution in [1.29, 1.82) is 0 Å². The topological polar surface area (TPSA) is 12.0 Å². The molecule has 0 amide bonds. The summed E-state index contributed by atoms with van der Waals surface area (Å²) >= 11 is 0. The van der Waals surface area contributed by atoms with Crippen molar-refractivity contribution >= 4 is 0 Å². The van der Waals surface area contributed by atoms with Crippen LogP contribution in [0.2, 0.25) is 0 Å². The van der Waals surface area contributed by atoms with Gasteiger partial charge in [-0.05, 0) is 55.8 Å². The van der Waals surface area contributed by atoms with Gasteiger partial charge in [0.05, 0.1) is 0 Å². The van der Waals surface area contributed by atoms with E-state index in [0.29, 0.717) is 0 Å². The highest BCUT2D eigenvalue weighted by Crippen LogP contribution is 2.45. The minimum absolute atomic E-state index is 0.0266. The fourth-order valence-corrected chi connectivity index (χ4v) is 2.64. The van der Waals surface area contributed by atoms with Gasteiger partial charge in [0.1, 0.15) is 5.82 Å². The van der Waals surface area contributed by atoms with Crippen molar-refractivity contribution in [3.8, 4) is 0 Å². The summed E-state index contributed by atoms with van der Waals surface area (Å²) in [4.78, 5) is 0. The van der Waals surface area contributed by atoms with Crippen molar-refractivity contribution in [2.24, 2.45) is 5.92 Å². The first-order chi connectivity index (χ1) is 8.23. The largest absolute Gasteiger partial charge is 0.310 e. The van der Waals surface area contributed by atoms with Crippen LogP contribution in [0.25, 0.3) is 0 Å². The monoisotopic (exact) mass is 233 g/mol. The van der Waals surface area contributed by atoms with Crippen LogP contribution in [0.4, 0.5) is 4.39 Å². The van der Waals surface area contributed by atoms with E-state index < -0.39 is 0 Å². The minimum Gasteiger partial charge on any atom is -0.310 e. The Balaban J connectivity index is 1.78. The van der Waals surface area contributed by atoms with Crippen molar-refractivity contribution in [2.45, 2.75) is 44.1 Å². The quantitative estimate of drug-likeness (QED) is 0.822. The molecule has 2 aliphatic carbocycles. The van der Waals surface area contributed by atoms with Gasteiger partial charge >= 0.3 is 0 Å². The Morgan fingerprint density at radius 2 is 2.12 bits per heavy atom. The number of rotatable bonds is 5. The lowest BCUT2D eigenvalue weighted by Gasteiger charge is -2.16. The molecule has 0 unspecified atom stereocenters. The Kier molecular flexibility index (Phi) is 2.70. The molecule has 0 radical (unpaired) electrons. The van der Waals surface area contributed by atoms with Gasteiger partial charge in [-0.15, -0.1) is 0 Å². The van der Waals surface area contributed by atoms with E-state index in [9.17, 15) is 4.39 Å². The van der Waals surface area contributed by atoms with Gasteiger partial charge in [-0.2, -0.15) is 0 Å². The van der Waals surface area contributed by atoms with Crippen molar-refractivity contribution in [3.05, 3.63) is 35.1 Å². The Labute approximate surface area is 102 Å². The maximum atomic E-state index is 13.7. The molecular weight excluding hydrogens is 213 g/mol. The Morgan fingerprint density at radius 1 is 1.35 bits per heavy atom. The molecule has 1 aromatic rings. The lowest BCUT2D eigenvalue weighted by Crippen LogP contribution is -2.24. The molecule has 0 atom stereocenters. The summed E-state index contributed by atoms with van der Waals surface area (Å²) in [5.41, 5.74) is 2.34. The molecule has 0 bridgehead atoms. The Morgan fingerprint density at radius 3 is 2.71 bits per heavy atom. The fraction of sp³-hybridized carbons (Fsp3) is 0.600. The predicted octanol–water partition coefficient (Wildman–Crippen LogP) is 3.38. The average Bonchev–Trinajstić information content (AvgIpc) is 3.22. The minimum atomic E-state index is -0.0266. The SMILES string of the molecule is CNC1(c2ccc(F)c(CCC3CC3)c2)CC1. The first-order valence-corrected chi connectivity index (χ1v) is 6.71. The van der Waals surface area contributed by atoms with Gasteiger partial charge in [0, 0.05) is 5.54 Å². The van der Waals surface area contributed by atoms with E-state index in [1.807, 2.05) is 13.1 Å². The molecule has 2 fully saturated rings. The standard InChI is InChI=1S/C15H20FN/c1-17-15(8-9-15)13-6-7-14(16)12(10-13)5-4-11-2-3-11/h6-7,10-11,17H,2-5,8-9H2,1H3. The number of nitrogens with one attached hydrogen (secondary N) is 1. The van der Waals surface area contributed by atoms with Crippen molar-refractivity contribution < 1.29 is 4.39 Å². The molecule has 2 saturated carbocycles. The molecular formula is C15H20FN. The van der Waals surface area contributed by atoms with Gasteiger partial charge < -0.3 is 5.32 Å². The Bertz CT molecular complexity index is 419. The van der Waals surface area contributed by atoms with Crippen LogP contribution in [-0.4, -0.2) is 7.05 Å². The molecule has 0 heterocycles. The van der Waals surface area contributed by atoms with Crippen LogP contribution in [0.15, 0.2) is 18.2 Å². The van der Waals surface area contributed by atoms with E-state index in [-0.39, 0.29) is 11.4 Å². The number of aryl methyl sites for hydroxylation is 1. The summed E-state index contributed by atoms with van der Waals surface area (Å²) in [6, 6.07) is 5.68. The van der Waals surface area contributed by atoms with Gasteiger partial charge in [0.25, 0.3) is 0 Å². The van der Waals surface area contributed by atoms with Crippen LogP contribution >= 0.6 is 0 Å². The zero-order valence-corrected chi connectivity index (χ0v) is 10.4. The highest BCUT2D eigenvalue weighted by Gasteiger charge is 2.42. The van der Waals surface area contributed by atoms with Gasteiger partial charge in [-0.1, -0.05) is 25.0 Å². The van der Waals surface area contributed by atoms with Crippen LogP contribution in [0, 0.1) is 11.7 Å². The van der Waals surface area contributed by atoms with Crippen LogP contribution in [0.3, 0.4) is 0 Å². The van der Waals surface area contributed by atoms with Crippen LogP contribution in [-0.2, 0) is 12.0 Å². The highest BCUT2D eigenvalue weighted by molar-refractivity contribution is 5.34. The van der Waals surface area contributed by atoms with E-state index in [4.69, 9.17) is 0 Å². The van der Waals surface area contributed by atoms with Gasteiger partial charge in [0.2, 0.25) is 0 Å². The molecule has 1 N–H and O–H groups in total. The summed E-state index contributed by atoms with van der Waals surface area (Å²) in [5.74, 6) is 0.846. The third kappa shape index (κ3) is 2.23. The molecule has 2 heteroatoms. The second kappa shape index (κ2) is 4.09. The molecule has 0 saturated heterocycles. The fourth-order valence-electron chi connectivity index (χ4n) is 2.64. The molecule has 17 heavy (non-hydrogen) atoms. The smallest absolute Gasteiger partial charge is 0.126 e. The zero-order chi connectivity index (χ0) is 11.9. The number of benzene rings is 1. The lowest BCUT2D eigenvalue weighted by molar-refractivity contribution is 0.569. The van der Waals surface area contributed by atoms with Gasteiger partial charge in [-0.25, -0.2) is 4.39 Å². The van der Waals surface area contributed by atoms with Crippen LogP contribution in [0.1, 0.15) is 43.2 Å². The molecule has 1 nitrogen and oxygen atoms in total. The molecule has 0 aromatic heterocycles. The molecule has 92 valence electrons. The maximum absolute atomic E-state index is 13.7. The number of hydrogen-bond acceptors (Lipinski definition) is 1. The summed E-state index contributed by atoms with van der Waals surface area (Å²) in [6.07, 6.45) is 7.12. The van der Waals surface area contributed by atoms with E-state index in [2.05, 4.69) is 11.4 Å². The molecule has 2 aliphatic rings. The third-order valence-corrected chi connectivity index (χ3v) is 4.35. The lowest BCUT2D eigenvalue weighted by atomic mass is 9.98. The second-order valence-corrected chi connectivity index (χ2v) is 5.62. The van der Waals surface area contributed by atoms with Crippen molar-refractivity contribution in [3.63, 3.8) is 0 Å². The maximum Gasteiger partial charge on any atom is 0.126 e. The third-order valence-electron chi connectivity index (χ3n) is 4.35. The van der Waals surface area contributed by atoms with Gasteiger partial charge in [0.15, 0.2) is 0 Å². The van der Waals surface area contributed by atoms with Crippen molar-refractivity contribution in [1.82, 2.24) is 5.32 Å². The van der Waals surface area contributed by atoms with Crippen LogP contribution < -0.4 is 5.32 Å². The average molecular weight is 233 g/mol. The number of hydrogen-bond donors (Lipinski definition) is 1. The molecule has 3 rings (SSSR count). The van der Waals surface area contributed by atoms with Gasteiger partial charge in [-0.3, -0.25) is 0 Å². The van der Waals surface area contributed by atoms with E-state index in [0.717, 1.165) is 24.3 Å². The normalized spacial score (nSPS) is 21.5. The van der Waals surface area contributed by atoms with E-state index >= 15 is 0 Å². The van der Waals surface area contributed by atoms with E-state index in [1.54, 1.807) is 6.07 Å². The summed E-state index contributed by atoms with van der Waals surface area (Å²) in [5, 5.41) is 3.37.